The van der Waals surface area contributed by atoms with E-state index in [4.69, 9.17) is 5.73 Å². The molecule has 0 aromatic carbocycles. The third-order valence-electron chi connectivity index (χ3n) is 4.78. The average Bonchev–Trinajstić information content (AvgIpc) is 2.92. The number of nitrogens with two attached hydrogens (primary N) is 1. The summed E-state index contributed by atoms with van der Waals surface area (Å²) in [6.07, 6.45) is 4.74. The summed E-state index contributed by atoms with van der Waals surface area (Å²) in [6, 6.07) is -0.708. The van der Waals surface area contributed by atoms with Gasteiger partial charge >= 0.3 is 5.97 Å². The van der Waals surface area contributed by atoms with Crippen LogP contribution in [0, 0.1) is 11.3 Å². The van der Waals surface area contributed by atoms with Crippen molar-refractivity contribution < 1.29 is 14.7 Å². The van der Waals surface area contributed by atoms with Crippen molar-refractivity contribution in [3.8, 4) is 0 Å². The van der Waals surface area contributed by atoms with Crippen molar-refractivity contribution in [2.75, 3.05) is 12.3 Å². The van der Waals surface area contributed by atoms with Gasteiger partial charge in [0.05, 0.1) is 10.8 Å². The molecule has 0 radical (unpaired) electrons. The minimum absolute atomic E-state index is 0.0270. The van der Waals surface area contributed by atoms with Gasteiger partial charge in [-0.05, 0) is 18.8 Å². The zero-order valence-corrected chi connectivity index (χ0v) is 13.7. The number of thioether (sulfide) groups is 1. The van der Waals surface area contributed by atoms with Crippen LogP contribution in [0.25, 0.3) is 0 Å². The minimum Gasteiger partial charge on any atom is -0.480 e. The fourth-order valence-corrected chi connectivity index (χ4v) is 4.97. The van der Waals surface area contributed by atoms with Gasteiger partial charge in [0.2, 0.25) is 5.91 Å². The van der Waals surface area contributed by atoms with Crippen LogP contribution in [0.15, 0.2) is 0 Å². The van der Waals surface area contributed by atoms with E-state index in [0.29, 0.717) is 12.3 Å². The number of amides is 1. The van der Waals surface area contributed by atoms with E-state index in [-0.39, 0.29) is 17.2 Å². The van der Waals surface area contributed by atoms with Crippen molar-refractivity contribution in [2.24, 2.45) is 17.1 Å². The van der Waals surface area contributed by atoms with Crippen molar-refractivity contribution >= 4 is 23.6 Å². The topological polar surface area (TPSA) is 83.6 Å². The molecule has 1 amide bonds. The molecule has 2 aliphatic rings. The number of carbonyl (C=O) groups excluding carboxylic acids is 1. The van der Waals surface area contributed by atoms with Gasteiger partial charge in [-0.3, -0.25) is 4.79 Å². The second-order valence-electron chi connectivity index (χ2n) is 6.58. The monoisotopic (exact) mass is 314 g/mol. The number of nitrogens with zero attached hydrogens (tertiary/aromatic N) is 1. The molecule has 1 aliphatic carbocycles. The summed E-state index contributed by atoms with van der Waals surface area (Å²) in [5.41, 5.74) is 5.41. The summed E-state index contributed by atoms with van der Waals surface area (Å²) >= 11 is 1.58. The van der Waals surface area contributed by atoms with Crippen molar-refractivity contribution in [3.63, 3.8) is 0 Å². The van der Waals surface area contributed by atoms with Crippen molar-refractivity contribution in [1.82, 2.24) is 4.90 Å². The summed E-state index contributed by atoms with van der Waals surface area (Å²) < 4.78 is 0. The summed E-state index contributed by atoms with van der Waals surface area (Å²) in [6.45, 7) is 4.40. The summed E-state index contributed by atoms with van der Waals surface area (Å²) in [5, 5.41) is 9.40. The molecular weight excluding hydrogens is 288 g/mol. The molecule has 0 aromatic rings. The van der Waals surface area contributed by atoms with Crippen molar-refractivity contribution in [3.05, 3.63) is 0 Å². The predicted octanol–water partition coefficient (Wildman–Crippen LogP) is 1.91. The van der Waals surface area contributed by atoms with Gasteiger partial charge in [0.25, 0.3) is 0 Å². The van der Waals surface area contributed by atoms with Crippen LogP contribution in [-0.2, 0) is 9.59 Å². The van der Waals surface area contributed by atoms with E-state index >= 15 is 0 Å². The van der Waals surface area contributed by atoms with Gasteiger partial charge in [-0.2, -0.15) is 0 Å². The number of rotatable bonds is 4. The van der Waals surface area contributed by atoms with Crippen molar-refractivity contribution in [2.45, 2.75) is 57.4 Å². The van der Waals surface area contributed by atoms with E-state index in [1.165, 1.54) is 0 Å². The third-order valence-corrected chi connectivity index (χ3v) is 6.40. The van der Waals surface area contributed by atoms with E-state index < -0.39 is 17.4 Å². The Morgan fingerprint density at radius 3 is 2.43 bits per heavy atom. The quantitative estimate of drug-likeness (QED) is 0.828. The zero-order valence-electron chi connectivity index (χ0n) is 12.9. The molecule has 120 valence electrons. The Balaban J connectivity index is 2.29. The highest BCUT2D eigenvalue weighted by Crippen LogP contribution is 2.42. The smallest absolute Gasteiger partial charge is 0.327 e. The Morgan fingerprint density at radius 2 is 1.95 bits per heavy atom. The fraction of sp³-hybridized carbons (Fsp3) is 0.867. The largest absolute Gasteiger partial charge is 0.480 e. The Morgan fingerprint density at radius 1 is 1.33 bits per heavy atom. The molecule has 6 heteroatoms. The van der Waals surface area contributed by atoms with Crippen LogP contribution in [0.5, 0.6) is 0 Å². The molecule has 2 atom stereocenters. The highest BCUT2D eigenvalue weighted by atomic mass is 32.2. The lowest BCUT2D eigenvalue weighted by atomic mass is 9.72. The molecule has 1 aliphatic heterocycles. The number of carbonyl (C=O) groups is 2. The first-order chi connectivity index (χ1) is 9.93. The standard InChI is InChI=1S/C15H26N2O3S/c1-10(2)12-17(11(8-21-12)13(18)19)14(20)15(9-16)6-4-3-5-7-15/h10-12H,3-9,16H2,1-2H3,(H,18,19). The third kappa shape index (κ3) is 3.06. The maximum Gasteiger partial charge on any atom is 0.327 e. The predicted molar refractivity (Wildman–Crippen MR) is 83.9 cm³/mol. The van der Waals surface area contributed by atoms with E-state index in [2.05, 4.69) is 0 Å². The van der Waals surface area contributed by atoms with Crippen LogP contribution >= 0.6 is 11.8 Å². The van der Waals surface area contributed by atoms with Crippen LogP contribution in [0.4, 0.5) is 0 Å². The number of hydrogen-bond acceptors (Lipinski definition) is 4. The van der Waals surface area contributed by atoms with Crippen LogP contribution < -0.4 is 5.73 Å². The normalized spacial score (nSPS) is 28.9. The van der Waals surface area contributed by atoms with E-state index in [0.717, 1.165) is 32.1 Å². The molecular formula is C15H26N2O3S. The van der Waals surface area contributed by atoms with Gasteiger partial charge < -0.3 is 15.7 Å². The van der Waals surface area contributed by atoms with Gasteiger partial charge in [0, 0.05) is 12.3 Å². The minimum atomic E-state index is -0.901. The van der Waals surface area contributed by atoms with E-state index in [1.54, 1.807) is 16.7 Å². The lowest BCUT2D eigenvalue weighted by Gasteiger charge is -2.41. The molecule has 5 nitrogen and oxygen atoms in total. The average molecular weight is 314 g/mol. The molecule has 0 spiro atoms. The number of carboxylic acids is 1. The second-order valence-corrected chi connectivity index (χ2v) is 7.73. The van der Waals surface area contributed by atoms with Crippen LogP contribution in [-0.4, -0.2) is 45.6 Å². The van der Waals surface area contributed by atoms with E-state index in [1.807, 2.05) is 13.8 Å². The number of carboxylic acid groups (broad SMARTS) is 1. The maximum atomic E-state index is 13.2. The highest BCUT2D eigenvalue weighted by Gasteiger charge is 2.50. The maximum absolute atomic E-state index is 13.2. The summed E-state index contributed by atoms with van der Waals surface area (Å²) in [5.74, 6) is -0.214. The Labute approximate surface area is 130 Å². The first kappa shape index (κ1) is 16.6. The molecule has 2 rings (SSSR count). The number of hydrogen-bond donors (Lipinski definition) is 2. The van der Waals surface area contributed by atoms with Gasteiger partial charge in [-0.25, -0.2) is 4.79 Å². The fourth-order valence-electron chi connectivity index (χ4n) is 3.50. The molecule has 2 unspecified atom stereocenters. The summed E-state index contributed by atoms with van der Waals surface area (Å²) in [4.78, 5) is 26.3. The van der Waals surface area contributed by atoms with Gasteiger partial charge in [0.15, 0.2) is 0 Å². The zero-order chi connectivity index (χ0) is 15.6. The SMILES string of the molecule is CC(C)C1SCC(C(=O)O)N1C(=O)C1(CN)CCCCC1. The lowest BCUT2D eigenvalue weighted by molar-refractivity contribution is -0.156. The molecule has 1 saturated heterocycles. The van der Waals surface area contributed by atoms with E-state index in [9.17, 15) is 14.7 Å². The Bertz CT molecular complexity index is 408. The van der Waals surface area contributed by atoms with Crippen LogP contribution in [0.1, 0.15) is 46.0 Å². The van der Waals surface area contributed by atoms with Crippen LogP contribution in [0.2, 0.25) is 0 Å². The molecule has 2 fully saturated rings. The molecule has 21 heavy (non-hydrogen) atoms. The van der Waals surface area contributed by atoms with Crippen LogP contribution in [0.3, 0.4) is 0 Å². The second kappa shape index (κ2) is 6.57. The molecule has 1 heterocycles. The highest BCUT2D eigenvalue weighted by molar-refractivity contribution is 8.00. The van der Waals surface area contributed by atoms with Gasteiger partial charge in [0.1, 0.15) is 6.04 Å². The molecule has 3 N–H and O–H groups in total. The number of aliphatic carboxylic acids is 1. The molecule has 0 aromatic heterocycles. The molecule has 1 saturated carbocycles. The Hall–Kier alpha value is -0.750. The lowest BCUT2D eigenvalue weighted by Crippen LogP contribution is -2.55. The first-order valence-corrected chi connectivity index (χ1v) is 8.85. The Kier molecular flexibility index (Phi) is 5.20. The van der Waals surface area contributed by atoms with Crippen molar-refractivity contribution in [1.29, 1.82) is 0 Å². The van der Waals surface area contributed by atoms with Gasteiger partial charge in [-0.1, -0.05) is 33.1 Å². The molecule has 0 bridgehead atoms. The first-order valence-electron chi connectivity index (χ1n) is 7.80. The van der Waals surface area contributed by atoms with Gasteiger partial charge in [-0.15, -0.1) is 11.8 Å². The summed E-state index contributed by atoms with van der Waals surface area (Å²) in [7, 11) is 0.